The van der Waals surface area contributed by atoms with E-state index in [1.807, 2.05) is 6.07 Å². The number of rotatable bonds is 5. The molecule has 4 heteroatoms. The summed E-state index contributed by atoms with van der Waals surface area (Å²) in [6.45, 7) is 4.73. The number of pyridine rings is 1. The Kier molecular flexibility index (Phi) is 5.24. The van der Waals surface area contributed by atoms with Gasteiger partial charge in [0.25, 0.3) is 0 Å². The van der Waals surface area contributed by atoms with Crippen LogP contribution >= 0.6 is 0 Å². The maximum Gasteiger partial charge on any atom is 0.161 e. The molecule has 3 aromatic carbocycles. The van der Waals surface area contributed by atoms with Crippen LogP contribution in [-0.4, -0.2) is 37.2 Å². The Labute approximate surface area is 183 Å². The van der Waals surface area contributed by atoms with Gasteiger partial charge < -0.3 is 14.4 Å². The van der Waals surface area contributed by atoms with Crippen LogP contribution in [0.2, 0.25) is 0 Å². The summed E-state index contributed by atoms with van der Waals surface area (Å²) in [6.07, 6.45) is 1.98. The van der Waals surface area contributed by atoms with Gasteiger partial charge in [0.1, 0.15) is 0 Å². The Bertz CT molecular complexity index is 1270. The summed E-state index contributed by atoms with van der Waals surface area (Å²) >= 11 is 0. The van der Waals surface area contributed by atoms with Crippen molar-refractivity contribution in [1.82, 2.24) is 9.88 Å². The highest BCUT2D eigenvalue weighted by Crippen LogP contribution is 2.39. The van der Waals surface area contributed by atoms with Crippen LogP contribution in [0.3, 0.4) is 0 Å². The van der Waals surface area contributed by atoms with Gasteiger partial charge in [-0.1, -0.05) is 37.3 Å². The molecule has 1 aliphatic heterocycles. The van der Waals surface area contributed by atoms with E-state index in [4.69, 9.17) is 14.5 Å². The largest absolute Gasteiger partial charge is 0.493 e. The molecule has 0 atom stereocenters. The van der Waals surface area contributed by atoms with Gasteiger partial charge in [0, 0.05) is 24.0 Å². The molecule has 0 aliphatic carbocycles. The third kappa shape index (κ3) is 3.51. The van der Waals surface area contributed by atoms with Crippen LogP contribution in [0.25, 0.3) is 32.9 Å². The molecule has 0 saturated carbocycles. The van der Waals surface area contributed by atoms with Crippen molar-refractivity contribution in [3.05, 3.63) is 65.7 Å². The maximum absolute atomic E-state index is 5.99. The topological polar surface area (TPSA) is 34.6 Å². The standard InChI is InChI=1S/C27H28N2O2/c1-4-15-31-25-16-19(10-12-24(25)30-3)27-22-17-29(2)14-13-21(22)26-20-8-6-5-7-18(20)9-11-23(26)28-27/h5-12,16H,4,13-15,17H2,1-3H3. The van der Waals surface area contributed by atoms with Crippen molar-refractivity contribution < 1.29 is 9.47 Å². The van der Waals surface area contributed by atoms with Crippen molar-refractivity contribution in [2.45, 2.75) is 26.3 Å². The molecule has 5 rings (SSSR count). The molecular weight excluding hydrogens is 384 g/mol. The Morgan fingerprint density at radius 3 is 2.71 bits per heavy atom. The predicted octanol–water partition coefficient (Wildman–Crippen LogP) is 5.84. The average molecular weight is 413 g/mol. The summed E-state index contributed by atoms with van der Waals surface area (Å²) in [5.41, 5.74) is 5.94. The van der Waals surface area contributed by atoms with Crippen molar-refractivity contribution in [2.24, 2.45) is 0 Å². The lowest BCUT2D eigenvalue weighted by Crippen LogP contribution is -2.27. The van der Waals surface area contributed by atoms with Crippen LogP contribution in [0.5, 0.6) is 11.5 Å². The van der Waals surface area contributed by atoms with Crippen LogP contribution in [0.4, 0.5) is 0 Å². The molecule has 0 fully saturated rings. The van der Waals surface area contributed by atoms with Crippen molar-refractivity contribution >= 4 is 21.7 Å². The van der Waals surface area contributed by atoms with E-state index in [1.165, 1.54) is 27.3 Å². The van der Waals surface area contributed by atoms with Crippen molar-refractivity contribution in [2.75, 3.05) is 27.3 Å². The summed E-state index contributed by atoms with van der Waals surface area (Å²) in [5, 5.41) is 3.87. The first kappa shape index (κ1) is 19.8. The normalized spacial score (nSPS) is 14.0. The van der Waals surface area contributed by atoms with E-state index in [9.17, 15) is 0 Å². The number of methoxy groups -OCH3 is 1. The Morgan fingerprint density at radius 2 is 1.87 bits per heavy atom. The van der Waals surface area contributed by atoms with E-state index in [0.29, 0.717) is 6.61 Å². The molecule has 0 unspecified atom stereocenters. The van der Waals surface area contributed by atoms with Crippen LogP contribution in [-0.2, 0) is 13.0 Å². The minimum Gasteiger partial charge on any atom is -0.493 e. The van der Waals surface area contributed by atoms with Gasteiger partial charge >= 0.3 is 0 Å². The van der Waals surface area contributed by atoms with Crippen molar-refractivity contribution in [1.29, 1.82) is 0 Å². The molecule has 4 aromatic rings. The van der Waals surface area contributed by atoms with Gasteiger partial charge in [0.2, 0.25) is 0 Å². The second-order valence-electron chi connectivity index (χ2n) is 8.30. The molecule has 158 valence electrons. The molecule has 0 spiro atoms. The smallest absolute Gasteiger partial charge is 0.161 e. The lowest BCUT2D eigenvalue weighted by molar-refractivity contribution is 0.294. The van der Waals surface area contributed by atoms with E-state index in [0.717, 1.165) is 54.2 Å². The van der Waals surface area contributed by atoms with Gasteiger partial charge in [-0.3, -0.25) is 0 Å². The molecule has 0 bridgehead atoms. The number of hydrogen-bond donors (Lipinski definition) is 0. The molecule has 31 heavy (non-hydrogen) atoms. The van der Waals surface area contributed by atoms with Crippen molar-refractivity contribution in [3.8, 4) is 22.8 Å². The summed E-state index contributed by atoms with van der Waals surface area (Å²) in [5.74, 6) is 1.54. The molecule has 0 saturated heterocycles. The van der Waals surface area contributed by atoms with Crippen LogP contribution in [0, 0.1) is 0 Å². The van der Waals surface area contributed by atoms with Gasteiger partial charge in [-0.25, -0.2) is 4.98 Å². The molecule has 0 radical (unpaired) electrons. The lowest BCUT2D eigenvalue weighted by Gasteiger charge is -2.28. The van der Waals surface area contributed by atoms with E-state index in [-0.39, 0.29) is 0 Å². The lowest BCUT2D eigenvalue weighted by atomic mass is 9.89. The van der Waals surface area contributed by atoms with Gasteiger partial charge in [-0.15, -0.1) is 0 Å². The number of benzene rings is 3. The Morgan fingerprint density at radius 1 is 1.00 bits per heavy atom. The van der Waals surface area contributed by atoms with Gasteiger partial charge in [-0.05, 0) is 66.1 Å². The fraction of sp³-hybridized carbons (Fsp3) is 0.296. The highest BCUT2D eigenvalue weighted by atomic mass is 16.5. The van der Waals surface area contributed by atoms with E-state index in [1.54, 1.807) is 7.11 Å². The van der Waals surface area contributed by atoms with Crippen LogP contribution in [0.1, 0.15) is 24.5 Å². The number of aromatic nitrogens is 1. The highest BCUT2D eigenvalue weighted by Gasteiger charge is 2.23. The second kappa shape index (κ2) is 8.20. The SMILES string of the molecule is CCCOc1cc(-c2nc3ccc4ccccc4c3c3c2CN(C)CC3)ccc1OC. The van der Waals surface area contributed by atoms with Gasteiger partial charge in [-0.2, -0.15) is 0 Å². The predicted molar refractivity (Wildman–Crippen MR) is 127 cm³/mol. The average Bonchev–Trinajstić information content (AvgIpc) is 2.81. The first-order valence-corrected chi connectivity index (χ1v) is 11.0. The Hall–Kier alpha value is -3.11. The first-order valence-electron chi connectivity index (χ1n) is 11.0. The molecule has 0 amide bonds. The monoisotopic (exact) mass is 412 g/mol. The molecule has 4 nitrogen and oxygen atoms in total. The van der Waals surface area contributed by atoms with E-state index >= 15 is 0 Å². The minimum atomic E-state index is 0.664. The van der Waals surface area contributed by atoms with E-state index < -0.39 is 0 Å². The highest BCUT2D eigenvalue weighted by molar-refractivity contribution is 6.09. The molecule has 1 aliphatic rings. The molecule has 2 heterocycles. The third-order valence-electron chi connectivity index (χ3n) is 6.16. The van der Waals surface area contributed by atoms with Gasteiger partial charge in [0.15, 0.2) is 11.5 Å². The number of hydrogen-bond acceptors (Lipinski definition) is 4. The summed E-state index contributed by atoms with van der Waals surface area (Å²) in [4.78, 5) is 7.57. The summed E-state index contributed by atoms with van der Waals surface area (Å²) < 4.78 is 11.5. The van der Waals surface area contributed by atoms with Crippen LogP contribution in [0.15, 0.2) is 54.6 Å². The summed E-state index contributed by atoms with van der Waals surface area (Å²) in [7, 11) is 3.87. The number of ether oxygens (including phenoxy) is 2. The number of nitrogens with zero attached hydrogens (tertiary/aromatic N) is 2. The summed E-state index contributed by atoms with van der Waals surface area (Å²) in [6, 6.07) is 19.2. The van der Waals surface area contributed by atoms with Crippen molar-refractivity contribution in [3.63, 3.8) is 0 Å². The first-order chi connectivity index (χ1) is 15.2. The fourth-order valence-electron chi connectivity index (χ4n) is 4.64. The number of fused-ring (bicyclic) bond motifs is 5. The minimum absolute atomic E-state index is 0.664. The second-order valence-corrected chi connectivity index (χ2v) is 8.30. The molecular formula is C27H28N2O2. The van der Waals surface area contributed by atoms with Crippen LogP contribution < -0.4 is 9.47 Å². The Balaban J connectivity index is 1.76. The fourth-order valence-corrected chi connectivity index (χ4v) is 4.64. The zero-order valence-corrected chi connectivity index (χ0v) is 18.4. The zero-order valence-electron chi connectivity index (χ0n) is 18.4. The van der Waals surface area contributed by atoms with E-state index in [2.05, 4.69) is 67.4 Å². The maximum atomic E-state index is 5.99. The quantitative estimate of drug-likeness (QED) is 0.386. The molecule has 0 N–H and O–H groups in total. The number of likely N-dealkylation sites (N-methyl/N-ethyl adjacent to an activating group) is 1. The third-order valence-corrected chi connectivity index (χ3v) is 6.16. The molecule has 1 aromatic heterocycles. The van der Waals surface area contributed by atoms with Gasteiger partial charge in [0.05, 0.1) is 24.9 Å². The zero-order chi connectivity index (χ0) is 21.4.